The maximum atomic E-state index is 12.8. The fourth-order valence-corrected chi connectivity index (χ4v) is 4.58. The Morgan fingerprint density at radius 2 is 1.77 bits per heavy atom. The van der Waals surface area contributed by atoms with Crippen LogP contribution in [0.5, 0.6) is 5.75 Å². The van der Waals surface area contributed by atoms with Crippen LogP contribution >= 0.6 is 11.3 Å². The van der Waals surface area contributed by atoms with Gasteiger partial charge in [0, 0.05) is 17.1 Å². The number of esters is 1. The molecule has 0 aliphatic rings. The van der Waals surface area contributed by atoms with Crippen molar-refractivity contribution in [3.8, 4) is 16.3 Å². The molecule has 0 N–H and O–H groups in total. The second kappa shape index (κ2) is 9.37. The fourth-order valence-electron chi connectivity index (χ4n) is 3.60. The monoisotopic (exact) mass is 502 g/mol. The number of aryl methyl sites for hydroxylation is 1. The molecule has 0 aliphatic heterocycles. The normalized spacial score (nSPS) is 12.2. The number of benzene rings is 2. The number of carbonyl (C=O) groups excluding carboxylic acids is 1. The molecule has 0 aliphatic carbocycles. The Morgan fingerprint density at radius 1 is 1.06 bits per heavy atom. The molecule has 9 heteroatoms. The number of aromatic nitrogens is 2. The summed E-state index contributed by atoms with van der Waals surface area (Å²) in [6.07, 6.45) is -2.55. The van der Waals surface area contributed by atoms with Crippen molar-refractivity contribution in [1.82, 2.24) is 9.55 Å². The van der Waals surface area contributed by atoms with E-state index in [-0.39, 0.29) is 19.1 Å². The lowest BCUT2D eigenvalue weighted by Gasteiger charge is -2.19. The summed E-state index contributed by atoms with van der Waals surface area (Å²) in [5, 5.41) is 1.50. The van der Waals surface area contributed by atoms with Gasteiger partial charge in [0.15, 0.2) is 0 Å². The first-order chi connectivity index (χ1) is 16.4. The highest BCUT2D eigenvalue weighted by Gasteiger charge is 2.30. The predicted octanol–water partition coefficient (Wildman–Crippen LogP) is 7.01. The van der Waals surface area contributed by atoms with Crippen LogP contribution in [0.4, 0.5) is 13.2 Å². The molecule has 2 heterocycles. The van der Waals surface area contributed by atoms with Gasteiger partial charge in [0.1, 0.15) is 29.5 Å². The van der Waals surface area contributed by atoms with Gasteiger partial charge in [0.05, 0.1) is 21.7 Å². The van der Waals surface area contributed by atoms with Crippen LogP contribution < -0.4 is 4.74 Å². The van der Waals surface area contributed by atoms with Gasteiger partial charge in [-0.2, -0.15) is 13.2 Å². The van der Waals surface area contributed by atoms with Crippen molar-refractivity contribution in [1.29, 1.82) is 0 Å². The molecule has 4 aromatic rings. The van der Waals surface area contributed by atoms with E-state index < -0.39 is 17.3 Å². The van der Waals surface area contributed by atoms with Crippen molar-refractivity contribution in [3.05, 3.63) is 70.9 Å². The van der Waals surface area contributed by atoms with Crippen molar-refractivity contribution in [2.45, 2.75) is 52.6 Å². The van der Waals surface area contributed by atoms with Crippen LogP contribution in [0.1, 0.15) is 36.9 Å². The standard InChI is InChI=1S/C26H25F3N2O3S/c1-16-22(35-24(30-16)17-8-10-18(11-9-17)26(27,28)29)15-33-21-7-5-6-20-19(21)12-13-31(20)14-23(32)34-25(2,3)4/h5-13H,14-15H2,1-4H3. The molecule has 0 amide bonds. The maximum Gasteiger partial charge on any atom is 0.416 e. The van der Waals surface area contributed by atoms with Crippen LogP contribution in [-0.2, 0) is 28.9 Å². The first-order valence-corrected chi connectivity index (χ1v) is 11.8. The molecule has 5 nitrogen and oxygen atoms in total. The number of alkyl halides is 3. The number of fused-ring (bicyclic) bond motifs is 1. The summed E-state index contributed by atoms with van der Waals surface area (Å²) in [5.74, 6) is 0.340. The van der Waals surface area contributed by atoms with E-state index in [0.29, 0.717) is 16.3 Å². The number of carbonyl (C=O) groups is 1. The molecule has 0 spiro atoms. The van der Waals surface area contributed by atoms with E-state index in [1.165, 1.54) is 23.5 Å². The molecule has 35 heavy (non-hydrogen) atoms. The summed E-state index contributed by atoms with van der Waals surface area (Å²) >= 11 is 1.39. The van der Waals surface area contributed by atoms with Crippen LogP contribution in [0.15, 0.2) is 54.7 Å². The van der Waals surface area contributed by atoms with Gasteiger partial charge in [-0.25, -0.2) is 4.98 Å². The number of halogens is 3. The highest BCUT2D eigenvalue weighted by Crippen LogP contribution is 2.34. The summed E-state index contributed by atoms with van der Waals surface area (Å²) < 4.78 is 51.8. The third-order valence-electron chi connectivity index (χ3n) is 5.20. The average molecular weight is 503 g/mol. The Kier molecular flexibility index (Phi) is 6.64. The largest absolute Gasteiger partial charge is 0.487 e. The quantitative estimate of drug-likeness (QED) is 0.266. The van der Waals surface area contributed by atoms with Crippen LogP contribution in [0.2, 0.25) is 0 Å². The first kappa shape index (κ1) is 24.8. The number of hydrogen-bond donors (Lipinski definition) is 0. The SMILES string of the molecule is Cc1nc(-c2ccc(C(F)(F)F)cc2)sc1COc1cccc2c1ccn2CC(=O)OC(C)(C)C. The zero-order valence-corrected chi connectivity index (χ0v) is 20.6. The highest BCUT2D eigenvalue weighted by atomic mass is 32.1. The molecule has 0 fully saturated rings. The molecule has 184 valence electrons. The van der Waals surface area contributed by atoms with E-state index in [1.807, 2.05) is 62.7 Å². The third kappa shape index (κ3) is 5.85. The minimum absolute atomic E-state index is 0.0919. The lowest BCUT2D eigenvalue weighted by Crippen LogP contribution is -2.26. The molecule has 0 bridgehead atoms. The van der Waals surface area contributed by atoms with Crippen LogP contribution in [-0.4, -0.2) is 21.1 Å². The molecule has 2 aromatic carbocycles. The Labute approximate surface area is 205 Å². The molecule has 0 unspecified atom stereocenters. The van der Waals surface area contributed by atoms with Crippen molar-refractivity contribution in [2.24, 2.45) is 0 Å². The number of nitrogens with zero attached hydrogens (tertiary/aromatic N) is 2. The average Bonchev–Trinajstić information content (AvgIpc) is 3.34. The van der Waals surface area contributed by atoms with Gasteiger partial charge in [-0.3, -0.25) is 4.79 Å². The molecule has 0 saturated carbocycles. The lowest BCUT2D eigenvalue weighted by molar-refractivity contribution is -0.155. The Balaban J connectivity index is 1.49. The highest BCUT2D eigenvalue weighted by molar-refractivity contribution is 7.15. The van der Waals surface area contributed by atoms with Crippen LogP contribution in [0.25, 0.3) is 21.5 Å². The predicted molar refractivity (Wildman–Crippen MR) is 129 cm³/mol. The van der Waals surface area contributed by atoms with E-state index in [9.17, 15) is 18.0 Å². The van der Waals surface area contributed by atoms with Crippen LogP contribution in [0.3, 0.4) is 0 Å². The smallest absolute Gasteiger partial charge is 0.416 e. The van der Waals surface area contributed by atoms with Gasteiger partial charge in [0.2, 0.25) is 0 Å². The number of hydrogen-bond acceptors (Lipinski definition) is 5. The van der Waals surface area contributed by atoms with Crippen molar-refractivity contribution >= 4 is 28.2 Å². The van der Waals surface area contributed by atoms with Gasteiger partial charge in [-0.05, 0) is 58.0 Å². The first-order valence-electron chi connectivity index (χ1n) is 11.0. The number of ether oxygens (including phenoxy) is 2. The van der Waals surface area contributed by atoms with Crippen LogP contribution in [0, 0.1) is 6.92 Å². The van der Waals surface area contributed by atoms with Gasteiger partial charge < -0.3 is 14.0 Å². The zero-order valence-electron chi connectivity index (χ0n) is 19.8. The topological polar surface area (TPSA) is 53.4 Å². The van der Waals surface area contributed by atoms with Gasteiger partial charge in [0.25, 0.3) is 0 Å². The summed E-state index contributed by atoms with van der Waals surface area (Å²) in [7, 11) is 0. The van der Waals surface area contributed by atoms with E-state index in [1.54, 1.807) is 0 Å². The second-order valence-corrected chi connectivity index (χ2v) is 10.2. The fraction of sp³-hybridized carbons (Fsp3) is 0.308. The van der Waals surface area contributed by atoms with E-state index in [2.05, 4.69) is 4.98 Å². The summed E-state index contributed by atoms with van der Waals surface area (Å²) in [4.78, 5) is 17.6. The van der Waals surface area contributed by atoms with Crippen molar-refractivity contribution in [3.63, 3.8) is 0 Å². The molecular formula is C26H25F3N2O3S. The van der Waals surface area contributed by atoms with E-state index >= 15 is 0 Å². The third-order valence-corrected chi connectivity index (χ3v) is 6.38. The summed E-state index contributed by atoms with van der Waals surface area (Å²) in [5.41, 5.74) is 0.989. The zero-order chi connectivity index (χ0) is 25.4. The molecule has 0 atom stereocenters. The summed E-state index contributed by atoms with van der Waals surface area (Å²) in [6, 6.07) is 12.5. The van der Waals surface area contributed by atoms with E-state index in [0.717, 1.165) is 33.6 Å². The minimum atomic E-state index is -4.37. The maximum absolute atomic E-state index is 12.8. The van der Waals surface area contributed by atoms with Crippen molar-refractivity contribution < 1.29 is 27.4 Å². The Morgan fingerprint density at radius 3 is 2.43 bits per heavy atom. The lowest BCUT2D eigenvalue weighted by atomic mass is 10.1. The van der Waals surface area contributed by atoms with Gasteiger partial charge in [-0.15, -0.1) is 11.3 Å². The molecule has 4 rings (SSSR count). The molecular weight excluding hydrogens is 477 g/mol. The number of thiazole rings is 1. The second-order valence-electron chi connectivity index (χ2n) is 9.11. The Bertz CT molecular complexity index is 1350. The molecule has 0 saturated heterocycles. The molecule has 2 aromatic heterocycles. The van der Waals surface area contributed by atoms with E-state index in [4.69, 9.17) is 9.47 Å². The minimum Gasteiger partial charge on any atom is -0.487 e. The number of rotatable bonds is 6. The van der Waals surface area contributed by atoms with Crippen molar-refractivity contribution in [2.75, 3.05) is 0 Å². The summed E-state index contributed by atoms with van der Waals surface area (Å²) in [6.45, 7) is 7.69. The van der Waals surface area contributed by atoms with Gasteiger partial charge >= 0.3 is 12.1 Å². The molecule has 0 radical (unpaired) electrons. The Hall–Kier alpha value is -3.33. The van der Waals surface area contributed by atoms with Gasteiger partial charge in [-0.1, -0.05) is 18.2 Å².